The fourth-order valence-electron chi connectivity index (χ4n) is 1.43. The van der Waals surface area contributed by atoms with E-state index in [2.05, 4.69) is 20.6 Å². The molecule has 106 valence electrons. The molecule has 1 aromatic rings. The van der Waals surface area contributed by atoms with Crippen molar-refractivity contribution >= 4 is 23.8 Å². The van der Waals surface area contributed by atoms with Crippen molar-refractivity contribution in [2.75, 3.05) is 18.6 Å². The quantitative estimate of drug-likeness (QED) is 0.555. The van der Waals surface area contributed by atoms with Crippen LogP contribution >= 0.6 is 11.8 Å². The van der Waals surface area contributed by atoms with Crippen LogP contribution in [0.2, 0.25) is 0 Å². The van der Waals surface area contributed by atoms with E-state index in [4.69, 9.17) is 5.11 Å². The number of hydrogen-bond acceptors (Lipinski definition) is 4. The lowest BCUT2D eigenvalue weighted by molar-refractivity contribution is -0.139. The summed E-state index contributed by atoms with van der Waals surface area (Å²) in [6.07, 6.45) is 6.17. The van der Waals surface area contributed by atoms with Crippen LogP contribution in [0.3, 0.4) is 0 Å². The molecule has 4 N–H and O–H groups in total. The van der Waals surface area contributed by atoms with E-state index in [0.29, 0.717) is 25.1 Å². The summed E-state index contributed by atoms with van der Waals surface area (Å²) in [4.78, 5) is 29.2. The van der Waals surface area contributed by atoms with Gasteiger partial charge in [-0.05, 0) is 18.4 Å². The molecule has 2 amide bonds. The largest absolute Gasteiger partial charge is 0.480 e. The van der Waals surface area contributed by atoms with Gasteiger partial charge in [-0.3, -0.25) is 0 Å². The van der Waals surface area contributed by atoms with E-state index < -0.39 is 18.0 Å². The van der Waals surface area contributed by atoms with E-state index in [-0.39, 0.29) is 0 Å². The first-order valence-electron chi connectivity index (χ1n) is 5.87. The molecule has 1 rings (SSSR count). The predicted octanol–water partition coefficient (Wildman–Crippen LogP) is 0.458. The third-order valence-corrected chi connectivity index (χ3v) is 3.09. The molecular weight excluding hydrogens is 268 g/mol. The number of aromatic amines is 1. The van der Waals surface area contributed by atoms with Gasteiger partial charge in [-0.1, -0.05) is 0 Å². The standard InChI is InChI=1S/C11H18N4O3S/c1-19-5-3-9(10(16)17)15-11(18)13-4-2-8-6-12-7-14-8/h6-7,9H,2-5H2,1H3,(H,12,14)(H,16,17)(H2,13,15,18)/t9-/m0/s1. The minimum atomic E-state index is -1.02. The van der Waals surface area contributed by atoms with Crippen LogP contribution < -0.4 is 10.6 Å². The molecule has 0 unspecified atom stereocenters. The lowest BCUT2D eigenvalue weighted by Gasteiger charge is -2.14. The molecule has 1 aromatic heterocycles. The van der Waals surface area contributed by atoms with Crippen LogP contribution in [0, 0.1) is 0 Å². The number of urea groups is 1. The third kappa shape index (κ3) is 6.14. The number of aliphatic carboxylic acids is 1. The number of nitrogens with zero attached hydrogens (tertiary/aromatic N) is 1. The highest BCUT2D eigenvalue weighted by molar-refractivity contribution is 7.98. The van der Waals surface area contributed by atoms with Gasteiger partial charge in [0.05, 0.1) is 6.33 Å². The smallest absolute Gasteiger partial charge is 0.326 e. The van der Waals surface area contributed by atoms with Crippen LogP contribution in [0.25, 0.3) is 0 Å². The summed E-state index contributed by atoms with van der Waals surface area (Å²) in [6.45, 7) is 0.420. The van der Waals surface area contributed by atoms with Crippen LogP contribution in [0.1, 0.15) is 12.1 Å². The molecule has 19 heavy (non-hydrogen) atoms. The summed E-state index contributed by atoms with van der Waals surface area (Å²) in [5.41, 5.74) is 0.914. The number of thioether (sulfide) groups is 1. The number of aromatic nitrogens is 2. The van der Waals surface area contributed by atoms with Crippen LogP contribution in [0.4, 0.5) is 4.79 Å². The molecule has 0 spiro atoms. The number of carboxylic acids is 1. The summed E-state index contributed by atoms with van der Waals surface area (Å²) < 4.78 is 0. The number of hydrogen-bond donors (Lipinski definition) is 4. The molecule has 0 aliphatic heterocycles. The monoisotopic (exact) mass is 286 g/mol. The predicted molar refractivity (Wildman–Crippen MR) is 73.2 cm³/mol. The molecule has 0 bridgehead atoms. The van der Waals surface area contributed by atoms with Gasteiger partial charge in [0, 0.05) is 24.9 Å². The lowest BCUT2D eigenvalue weighted by atomic mass is 10.2. The van der Waals surface area contributed by atoms with E-state index in [9.17, 15) is 9.59 Å². The van der Waals surface area contributed by atoms with E-state index in [1.54, 1.807) is 24.3 Å². The minimum absolute atomic E-state index is 0.407. The van der Waals surface area contributed by atoms with Gasteiger partial charge in [-0.2, -0.15) is 11.8 Å². The highest BCUT2D eigenvalue weighted by Crippen LogP contribution is 2.00. The van der Waals surface area contributed by atoms with Gasteiger partial charge in [-0.15, -0.1) is 0 Å². The van der Waals surface area contributed by atoms with Crippen molar-refractivity contribution in [2.45, 2.75) is 18.9 Å². The van der Waals surface area contributed by atoms with E-state index >= 15 is 0 Å². The van der Waals surface area contributed by atoms with Gasteiger partial charge < -0.3 is 20.7 Å². The van der Waals surface area contributed by atoms with Crippen molar-refractivity contribution in [3.63, 3.8) is 0 Å². The number of H-pyrrole nitrogens is 1. The maximum atomic E-state index is 11.5. The highest BCUT2D eigenvalue weighted by Gasteiger charge is 2.18. The first kappa shape index (κ1) is 15.4. The van der Waals surface area contributed by atoms with Crippen molar-refractivity contribution in [2.24, 2.45) is 0 Å². The van der Waals surface area contributed by atoms with E-state index in [0.717, 1.165) is 5.69 Å². The Morgan fingerprint density at radius 3 is 2.95 bits per heavy atom. The topological polar surface area (TPSA) is 107 Å². The average Bonchev–Trinajstić information content (AvgIpc) is 2.87. The second-order valence-electron chi connectivity index (χ2n) is 3.90. The molecule has 0 saturated heterocycles. The van der Waals surface area contributed by atoms with Crippen molar-refractivity contribution in [1.29, 1.82) is 0 Å². The zero-order chi connectivity index (χ0) is 14.1. The van der Waals surface area contributed by atoms with Gasteiger partial charge in [0.1, 0.15) is 6.04 Å². The van der Waals surface area contributed by atoms with Gasteiger partial charge in [0.2, 0.25) is 0 Å². The molecule has 1 atom stereocenters. The molecule has 7 nitrogen and oxygen atoms in total. The Morgan fingerprint density at radius 1 is 1.58 bits per heavy atom. The summed E-state index contributed by atoms with van der Waals surface area (Å²) >= 11 is 1.54. The molecule has 1 heterocycles. The number of carboxylic acid groups (broad SMARTS) is 1. The van der Waals surface area contributed by atoms with Crippen molar-refractivity contribution < 1.29 is 14.7 Å². The van der Waals surface area contributed by atoms with Crippen molar-refractivity contribution in [3.05, 3.63) is 18.2 Å². The zero-order valence-corrected chi connectivity index (χ0v) is 11.5. The first-order valence-corrected chi connectivity index (χ1v) is 7.26. The second kappa shape index (κ2) is 8.41. The normalized spacial score (nSPS) is 11.8. The second-order valence-corrected chi connectivity index (χ2v) is 4.88. The number of carbonyl (C=O) groups is 2. The number of rotatable bonds is 8. The summed E-state index contributed by atoms with van der Waals surface area (Å²) in [7, 11) is 0. The zero-order valence-electron chi connectivity index (χ0n) is 10.7. The Kier molecular flexibility index (Phi) is 6.80. The van der Waals surface area contributed by atoms with Crippen molar-refractivity contribution in [1.82, 2.24) is 20.6 Å². The SMILES string of the molecule is CSCC[C@H](NC(=O)NCCc1cnc[nH]1)C(=O)O. The molecule has 0 aliphatic rings. The molecule has 0 saturated carbocycles. The Hall–Kier alpha value is -1.70. The fourth-order valence-corrected chi connectivity index (χ4v) is 1.91. The Balaban J connectivity index is 2.25. The van der Waals surface area contributed by atoms with Crippen LogP contribution in [-0.2, 0) is 11.2 Å². The molecule has 8 heteroatoms. The fraction of sp³-hybridized carbons (Fsp3) is 0.545. The van der Waals surface area contributed by atoms with Crippen LogP contribution in [0.5, 0.6) is 0 Å². The summed E-state index contributed by atoms with van der Waals surface area (Å²) in [5.74, 6) is -0.330. The summed E-state index contributed by atoms with van der Waals surface area (Å²) in [5, 5.41) is 14.0. The van der Waals surface area contributed by atoms with Crippen LogP contribution in [0.15, 0.2) is 12.5 Å². The third-order valence-electron chi connectivity index (χ3n) is 2.45. The average molecular weight is 286 g/mol. The maximum Gasteiger partial charge on any atom is 0.326 e. The highest BCUT2D eigenvalue weighted by atomic mass is 32.2. The van der Waals surface area contributed by atoms with Gasteiger partial charge in [-0.25, -0.2) is 14.6 Å². The number of carbonyl (C=O) groups excluding carboxylic acids is 1. The molecular formula is C11H18N4O3S. The van der Waals surface area contributed by atoms with Crippen molar-refractivity contribution in [3.8, 4) is 0 Å². The summed E-state index contributed by atoms with van der Waals surface area (Å²) in [6, 6.07) is -1.31. The number of amides is 2. The van der Waals surface area contributed by atoms with Gasteiger partial charge in [0.15, 0.2) is 0 Å². The van der Waals surface area contributed by atoms with Gasteiger partial charge >= 0.3 is 12.0 Å². The lowest BCUT2D eigenvalue weighted by Crippen LogP contribution is -2.46. The molecule has 0 aromatic carbocycles. The van der Waals surface area contributed by atoms with E-state index in [1.165, 1.54) is 0 Å². The number of nitrogens with one attached hydrogen (secondary N) is 3. The first-order chi connectivity index (χ1) is 9.13. The maximum absolute atomic E-state index is 11.5. The molecule has 0 fully saturated rings. The minimum Gasteiger partial charge on any atom is -0.480 e. The Bertz CT molecular complexity index is 397. The van der Waals surface area contributed by atoms with Crippen LogP contribution in [-0.4, -0.2) is 51.7 Å². The van der Waals surface area contributed by atoms with Gasteiger partial charge in [0.25, 0.3) is 0 Å². The van der Waals surface area contributed by atoms with E-state index in [1.807, 2.05) is 6.26 Å². The molecule has 0 aliphatic carbocycles. The number of imidazole rings is 1. The Labute approximate surface area is 115 Å². The Morgan fingerprint density at radius 2 is 2.37 bits per heavy atom. The molecule has 0 radical (unpaired) electrons.